The van der Waals surface area contributed by atoms with E-state index in [9.17, 15) is 14.4 Å². The standard InChI is InChI=1S/C15H20N2O4/c1-11(18)17-13-7-5-12(6-8-13)10-14(19)16-9-3-4-15(20)21-2/h5-8H,3-4,9-10H2,1-2H3,(H,16,19)(H,17,18). The Labute approximate surface area is 123 Å². The van der Waals surface area contributed by atoms with Gasteiger partial charge in [0.2, 0.25) is 11.8 Å². The molecule has 0 aromatic heterocycles. The monoisotopic (exact) mass is 292 g/mol. The molecule has 0 aliphatic carbocycles. The Bertz CT molecular complexity index is 497. The van der Waals surface area contributed by atoms with E-state index in [1.165, 1.54) is 14.0 Å². The van der Waals surface area contributed by atoms with E-state index in [0.29, 0.717) is 25.1 Å². The number of anilines is 1. The number of hydrogen-bond donors (Lipinski definition) is 2. The van der Waals surface area contributed by atoms with E-state index in [0.717, 1.165) is 5.56 Å². The lowest BCUT2D eigenvalue weighted by Gasteiger charge is -2.06. The predicted octanol–water partition coefficient (Wildman–Crippen LogP) is 1.26. The molecule has 1 rings (SSSR count). The summed E-state index contributed by atoms with van der Waals surface area (Å²) in [5.74, 6) is -0.518. The molecule has 0 bridgehead atoms. The molecule has 0 spiro atoms. The van der Waals surface area contributed by atoms with Gasteiger partial charge in [0.05, 0.1) is 13.5 Å². The van der Waals surface area contributed by atoms with Crippen molar-refractivity contribution in [2.24, 2.45) is 0 Å². The Morgan fingerprint density at radius 1 is 1.14 bits per heavy atom. The van der Waals surface area contributed by atoms with Crippen LogP contribution in [0.4, 0.5) is 5.69 Å². The van der Waals surface area contributed by atoms with Crippen molar-refractivity contribution in [3.05, 3.63) is 29.8 Å². The molecular weight excluding hydrogens is 272 g/mol. The number of carbonyl (C=O) groups excluding carboxylic acids is 3. The van der Waals surface area contributed by atoms with E-state index in [1.54, 1.807) is 24.3 Å². The molecular formula is C15H20N2O4. The summed E-state index contributed by atoms with van der Waals surface area (Å²) in [4.78, 5) is 33.5. The van der Waals surface area contributed by atoms with E-state index in [4.69, 9.17) is 0 Å². The van der Waals surface area contributed by atoms with Crippen molar-refractivity contribution >= 4 is 23.5 Å². The number of benzene rings is 1. The highest BCUT2D eigenvalue weighted by Gasteiger charge is 2.05. The first-order chi connectivity index (χ1) is 10.0. The van der Waals surface area contributed by atoms with Crippen LogP contribution in [0.3, 0.4) is 0 Å². The van der Waals surface area contributed by atoms with Crippen molar-refractivity contribution in [1.29, 1.82) is 0 Å². The zero-order chi connectivity index (χ0) is 15.7. The number of amides is 2. The number of hydrogen-bond acceptors (Lipinski definition) is 4. The zero-order valence-corrected chi connectivity index (χ0v) is 12.3. The molecule has 0 saturated heterocycles. The molecule has 0 fully saturated rings. The molecule has 0 unspecified atom stereocenters. The number of carbonyl (C=O) groups is 3. The molecule has 0 atom stereocenters. The Hall–Kier alpha value is -2.37. The largest absolute Gasteiger partial charge is 0.469 e. The molecule has 6 nitrogen and oxygen atoms in total. The molecule has 114 valence electrons. The second-order valence-corrected chi connectivity index (χ2v) is 4.58. The van der Waals surface area contributed by atoms with Crippen molar-refractivity contribution in [3.8, 4) is 0 Å². The van der Waals surface area contributed by atoms with Crippen molar-refractivity contribution in [3.63, 3.8) is 0 Å². The molecule has 0 radical (unpaired) electrons. The predicted molar refractivity (Wildman–Crippen MR) is 78.7 cm³/mol. The summed E-state index contributed by atoms with van der Waals surface area (Å²) in [7, 11) is 1.34. The van der Waals surface area contributed by atoms with Gasteiger partial charge in [-0.1, -0.05) is 12.1 Å². The molecule has 0 saturated carbocycles. The third-order valence-electron chi connectivity index (χ3n) is 2.75. The van der Waals surface area contributed by atoms with E-state index in [2.05, 4.69) is 15.4 Å². The second-order valence-electron chi connectivity index (χ2n) is 4.58. The van der Waals surface area contributed by atoms with Gasteiger partial charge in [-0.05, 0) is 24.1 Å². The van der Waals surface area contributed by atoms with Crippen molar-refractivity contribution in [2.75, 3.05) is 19.0 Å². The third kappa shape index (κ3) is 7.10. The minimum absolute atomic E-state index is 0.104. The van der Waals surface area contributed by atoms with Crippen molar-refractivity contribution in [2.45, 2.75) is 26.2 Å². The van der Waals surface area contributed by atoms with Gasteiger partial charge >= 0.3 is 5.97 Å². The Kier molecular flexibility index (Phi) is 6.94. The van der Waals surface area contributed by atoms with Gasteiger partial charge in [0, 0.05) is 25.6 Å². The molecule has 2 N–H and O–H groups in total. The van der Waals surface area contributed by atoms with Gasteiger partial charge in [-0.25, -0.2) is 0 Å². The first-order valence-electron chi connectivity index (χ1n) is 6.71. The maximum Gasteiger partial charge on any atom is 0.305 e. The average Bonchev–Trinajstić information content (AvgIpc) is 2.45. The van der Waals surface area contributed by atoms with Crippen molar-refractivity contribution < 1.29 is 19.1 Å². The van der Waals surface area contributed by atoms with E-state index in [1.807, 2.05) is 0 Å². The van der Waals surface area contributed by atoms with Crippen LogP contribution < -0.4 is 10.6 Å². The normalized spacial score (nSPS) is 9.81. The minimum Gasteiger partial charge on any atom is -0.469 e. The Balaban J connectivity index is 2.31. The fraction of sp³-hybridized carbons (Fsp3) is 0.400. The fourth-order valence-corrected chi connectivity index (χ4v) is 1.72. The van der Waals surface area contributed by atoms with Crippen LogP contribution in [0.5, 0.6) is 0 Å². The van der Waals surface area contributed by atoms with Crippen LogP contribution in [0, 0.1) is 0 Å². The van der Waals surface area contributed by atoms with E-state index in [-0.39, 0.29) is 24.2 Å². The summed E-state index contributed by atoms with van der Waals surface area (Å²) in [6, 6.07) is 7.08. The SMILES string of the molecule is COC(=O)CCCNC(=O)Cc1ccc(NC(C)=O)cc1. The zero-order valence-electron chi connectivity index (χ0n) is 12.3. The molecule has 21 heavy (non-hydrogen) atoms. The third-order valence-corrected chi connectivity index (χ3v) is 2.75. The van der Waals surface area contributed by atoms with Crippen molar-refractivity contribution in [1.82, 2.24) is 5.32 Å². The topological polar surface area (TPSA) is 84.5 Å². The van der Waals surface area contributed by atoms with Gasteiger partial charge in [0.15, 0.2) is 0 Å². The number of rotatable bonds is 7. The van der Waals surface area contributed by atoms with Crippen LogP contribution in [0.2, 0.25) is 0 Å². The Morgan fingerprint density at radius 2 is 1.81 bits per heavy atom. The summed E-state index contributed by atoms with van der Waals surface area (Å²) in [6.07, 6.45) is 1.11. The highest BCUT2D eigenvalue weighted by Crippen LogP contribution is 2.09. The van der Waals surface area contributed by atoms with E-state index < -0.39 is 0 Å². The molecule has 1 aromatic rings. The summed E-state index contributed by atoms with van der Waals surface area (Å²) < 4.78 is 4.51. The van der Waals surface area contributed by atoms with Gasteiger partial charge in [-0.15, -0.1) is 0 Å². The number of methoxy groups -OCH3 is 1. The molecule has 0 aliphatic rings. The number of esters is 1. The summed E-state index contributed by atoms with van der Waals surface area (Å²) in [6.45, 7) is 1.88. The molecule has 1 aromatic carbocycles. The van der Waals surface area contributed by atoms with Crippen LogP contribution in [-0.4, -0.2) is 31.4 Å². The fourth-order valence-electron chi connectivity index (χ4n) is 1.72. The Morgan fingerprint density at radius 3 is 2.38 bits per heavy atom. The minimum atomic E-state index is -0.280. The highest BCUT2D eigenvalue weighted by molar-refractivity contribution is 5.88. The maximum absolute atomic E-state index is 11.7. The van der Waals surface area contributed by atoms with Gasteiger partial charge in [-0.3, -0.25) is 14.4 Å². The quantitative estimate of drug-likeness (QED) is 0.585. The van der Waals surface area contributed by atoms with Crippen LogP contribution >= 0.6 is 0 Å². The van der Waals surface area contributed by atoms with Gasteiger partial charge in [0.1, 0.15) is 0 Å². The average molecular weight is 292 g/mol. The van der Waals surface area contributed by atoms with Crippen LogP contribution in [0.1, 0.15) is 25.3 Å². The van der Waals surface area contributed by atoms with E-state index >= 15 is 0 Å². The number of ether oxygens (including phenoxy) is 1. The molecule has 6 heteroatoms. The maximum atomic E-state index is 11.7. The lowest BCUT2D eigenvalue weighted by Crippen LogP contribution is -2.26. The van der Waals surface area contributed by atoms with Crippen LogP contribution in [0.15, 0.2) is 24.3 Å². The molecule has 0 aliphatic heterocycles. The summed E-state index contributed by atoms with van der Waals surface area (Å²) in [5, 5.41) is 5.40. The van der Waals surface area contributed by atoms with Crippen LogP contribution in [0.25, 0.3) is 0 Å². The van der Waals surface area contributed by atoms with Gasteiger partial charge in [-0.2, -0.15) is 0 Å². The van der Waals surface area contributed by atoms with Crippen LogP contribution in [-0.2, 0) is 25.5 Å². The first-order valence-corrected chi connectivity index (χ1v) is 6.71. The summed E-state index contributed by atoms with van der Waals surface area (Å²) >= 11 is 0. The lowest BCUT2D eigenvalue weighted by atomic mass is 10.1. The smallest absolute Gasteiger partial charge is 0.305 e. The lowest BCUT2D eigenvalue weighted by molar-refractivity contribution is -0.140. The van der Waals surface area contributed by atoms with Gasteiger partial charge < -0.3 is 15.4 Å². The molecule has 0 heterocycles. The summed E-state index contributed by atoms with van der Waals surface area (Å²) in [5.41, 5.74) is 1.55. The second kappa shape index (κ2) is 8.73. The highest BCUT2D eigenvalue weighted by atomic mass is 16.5. The van der Waals surface area contributed by atoms with Gasteiger partial charge in [0.25, 0.3) is 0 Å². The first kappa shape index (κ1) is 16.7. The number of nitrogens with one attached hydrogen (secondary N) is 2. The molecule has 2 amide bonds.